The molecule has 7 nitrogen and oxygen atoms in total. The largest absolute Gasteiger partial charge is 0.461 e. The van der Waals surface area contributed by atoms with E-state index in [-0.39, 0.29) is 29.8 Å². The van der Waals surface area contributed by atoms with Crippen molar-refractivity contribution in [2.24, 2.45) is 0 Å². The Morgan fingerprint density at radius 2 is 1.94 bits per heavy atom. The van der Waals surface area contributed by atoms with Gasteiger partial charge in [-0.1, -0.05) is 35.3 Å². The Bertz CT molecular complexity index is 1050. The molecule has 0 bridgehead atoms. The summed E-state index contributed by atoms with van der Waals surface area (Å²) < 4.78 is 6.96. The van der Waals surface area contributed by atoms with Crippen molar-refractivity contribution < 1.29 is 14.3 Å². The highest BCUT2D eigenvalue weighted by molar-refractivity contribution is 6.31. The minimum absolute atomic E-state index is 0.0654. The number of imidazole rings is 1. The molecule has 1 atom stereocenters. The van der Waals surface area contributed by atoms with E-state index >= 15 is 0 Å². The van der Waals surface area contributed by atoms with E-state index in [9.17, 15) is 9.59 Å². The van der Waals surface area contributed by atoms with Crippen LogP contribution in [0.5, 0.6) is 0 Å². The lowest BCUT2D eigenvalue weighted by molar-refractivity contribution is -0.105. The van der Waals surface area contributed by atoms with E-state index in [2.05, 4.69) is 10.3 Å². The minimum atomic E-state index is -0.686. The van der Waals surface area contributed by atoms with Crippen molar-refractivity contribution in [3.05, 3.63) is 69.2 Å². The number of aldehydes is 1. The average Bonchev–Trinajstić information content (AvgIpc) is 3.08. The van der Waals surface area contributed by atoms with Gasteiger partial charge in [0.25, 0.3) is 0 Å². The predicted molar refractivity (Wildman–Crippen MR) is 132 cm³/mol. The van der Waals surface area contributed by atoms with E-state index < -0.39 is 12.0 Å². The van der Waals surface area contributed by atoms with Gasteiger partial charge >= 0.3 is 5.97 Å². The van der Waals surface area contributed by atoms with E-state index in [0.717, 1.165) is 5.56 Å². The predicted octanol–water partition coefficient (Wildman–Crippen LogP) is 3.49. The van der Waals surface area contributed by atoms with Gasteiger partial charge in [-0.2, -0.15) is 0 Å². The molecule has 0 aliphatic carbocycles. The maximum Gasteiger partial charge on any atom is 0.358 e. The van der Waals surface area contributed by atoms with E-state index in [1.165, 1.54) is 6.08 Å². The van der Waals surface area contributed by atoms with Gasteiger partial charge in [0, 0.05) is 31.4 Å². The third-order valence-corrected chi connectivity index (χ3v) is 5.01. The molecule has 0 fully saturated rings. The number of esters is 1. The van der Waals surface area contributed by atoms with Gasteiger partial charge in [-0.05, 0) is 44.5 Å². The molecule has 0 aliphatic rings. The van der Waals surface area contributed by atoms with E-state index in [0.29, 0.717) is 22.0 Å². The smallest absolute Gasteiger partial charge is 0.358 e. The molecule has 0 amide bonds. The molecule has 2 rings (SSSR count). The number of rotatable bonds is 10. The number of allylic oxidation sites excluding steroid dienone is 3. The fourth-order valence-corrected chi connectivity index (χ4v) is 3.74. The van der Waals surface area contributed by atoms with Crippen molar-refractivity contribution in [2.75, 3.05) is 20.7 Å². The third-order valence-electron chi connectivity index (χ3n) is 4.55. The monoisotopic (exact) mass is 488 g/mol. The Kier molecular flexibility index (Phi) is 9.62. The van der Waals surface area contributed by atoms with Gasteiger partial charge in [0.1, 0.15) is 0 Å². The number of aromatic nitrogens is 2. The number of hydrogen-bond acceptors (Lipinski definition) is 6. The quantitative estimate of drug-likeness (QED) is 0.181. The minimum Gasteiger partial charge on any atom is -0.461 e. The summed E-state index contributed by atoms with van der Waals surface area (Å²) in [7, 11) is 9.82. The first-order valence-corrected chi connectivity index (χ1v) is 11.1. The average molecular weight is 489 g/mol. The first kappa shape index (κ1) is 26.5. The van der Waals surface area contributed by atoms with Gasteiger partial charge in [0.15, 0.2) is 19.8 Å². The SMILES string of the molecule is [B]c1nc(C(=O)OCC)c(C(N/C(C=O)=C/C(Cl)=C\N(C)C)c2ccc(Cl)cc2)n1C(C)C. The molecule has 0 aliphatic heterocycles. The van der Waals surface area contributed by atoms with Crippen LogP contribution in [0.3, 0.4) is 0 Å². The van der Waals surface area contributed by atoms with Gasteiger partial charge in [0.2, 0.25) is 0 Å². The highest BCUT2D eigenvalue weighted by Gasteiger charge is 2.30. The maximum absolute atomic E-state index is 12.8. The third kappa shape index (κ3) is 6.89. The number of hydrogen-bond donors (Lipinski definition) is 1. The number of nitrogens with one attached hydrogen (secondary N) is 1. The summed E-state index contributed by atoms with van der Waals surface area (Å²) in [6.45, 7) is 5.73. The van der Waals surface area contributed by atoms with Crippen molar-refractivity contribution in [3.63, 3.8) is 0 Å². The summed E-state index contributed by atoms with van der Waals surface area (Å²) in [4.78, 5) is 30.8. The molecule has 174 valence electrons. The Morgan fingerprint density at radius 1 is 1.30 bits per heavy atom. The van der Waals surface area contributed by atoms with Gasteiger partial charge in [0.05, 0.1) is 34.8 Å². The summed E-state index contributed by atoms with van der Waals surface area (Å²) in [6.07, 6.45) is 3.81. The molecular weight excluding hydrogens is 462 g/mol. The van der Waals surface area contributed by atoms with Gasteiger partial charge < -0.3 is 19.5 Å². The topological polar surface area (TPSA) is 76.5 Å². The van der Waals surface area contributed by atoms with Crippen LogP contribution in [0.15, 0.2) is 47.3 Å². The van der Waals surface area contributed by atoms with Gasteiger partial charge in [-0.3, -0.25) is 4.79 Å². The number of halogens is 2. The number of benzene rings is 1. The fourth-order valence-electron chi connectivity index (χ4n) is 3.31. The van der Waals surface area contributed by atoms with Crippen molar-refractivity contribution in [1.82, 2.24) is 19.8 Å². The van der Waals surface area contributed by atoms with Crippen LogP contribution in [0.4, 0.5) is 0 Å². The Hall–Kier alpha value is -2.71. The molecule has 1 N–H and O–H groups in total. The second-order valence-corrected chi connectivity index (χ2v) is 8.58. The standard InChI is InChI=1S/C23H27BCl2N4O3/c1-6-33-22(32)20-21(30(14(2)3)23(24)28-20)19(15-7-9-16(25)10-8-15)27-18(13-31)11-17(26)12-29(4)5/h7-14,19,27H,6H2,1-5H3/b17-12+,18-11+. The van der Waals surface area contributed by atoms with Crippen molar-refractivity contribution in [3.8, 4) is 0 Å². The lowest BCUT2D eigenvalue weighted by Crippen LogP contribution is -2.30. The van der Waals surface area contributed by atoms with Crippen LogP contribution >= 0.6 is 23.2 Å². The molecule has 0 saturated heterocycles. The van der Waals surface area contributed by atoms with Crippen LogP contribution in [0, 0.1) is 0 Å². The van der Waals surface area contributed by atoms with Crippen LogP contribution in [0.25, 0.3) is 0 Å². The second kappa shape index (κ2) is 12.0. The molecule has 1 unspecified atom stereocenters. The van der Waals surface area contributed by atoms with Crippen LogP contribution in [0.2, 0.25) is 5.02 Å². The zero-order valence-electron chi connectivity index (χ0n) is 19.3. The number of carbonyl (C=O) groups is 2. The second-order valence-electron chi connectivity index (χ2n) is 7.71. The highest BCUT2D eigenvalue weighted by Crippen LogP contribution is 2.29. The van der Waals surface area contributed by atoms with E-state index in [1.807, 2.05) is 27.9 Å². The molecule has 2 radical (unpaired) electrons. The Labute approximate surface area is 205 Å². The van der Waals surface area contributed by atoms with Crippen molar-refractivity contribution >= 4 is 49.0 Å². The van der Waals surface area contributed by atoms with E-state index in [1.54, 1.807) is 46.9 Å². The number of ether oxygens (including phenoxy) is 1. The van der Waals surface area contributed by atoms with Crippen LogP contribution in [-0.4, -0.2) is 55.3 Å². The fraction of sp³-hybridized carbons (Fsp3) is 0.348. The molecular formula is C23H27BCl2N4O3. The lowest BCUT2D eigenvalue weighted by Gasteiger charge is -2.25. The number of nitrogens with zero attached hydrogens (tertiary/aromatic N) is 3. The molecule has 1 heterocycles. The molecule has 33 heavy (non-hydrogen) atoms. The summed E-state index contributed by atoms with van der Waals surface area (Å²) in [5, 5.41) is 4.07. The molecule has 1 aromatic carbocycles. The highest BCUT2D eigenvalue weighted by atomic mass is 35.5. The Morgan fingerprint density at radius 3 is 2.45 bits per heavy atom. The van der Waals surface area contributed by atoms with Crippen LogP contribution < -0.4 is 11.0 Å². The zero-order valence-corrected chi connectivity index (χ0v) is 20.8. The first-order valence-electron chi connectivity index (χ1n) is 10.4. The molecule has 0 saturated carbocycles. The first-order chi connectivity index (χ1) is 15.6. The maximum atomic E-state index is 12.8. The normalized spacial score (nSPS) is 13.1. The number of carbonyl (C=O) groups excluding carboxylic acids is 2. The van der Waals surface area contributed by atoms with Crippen LogP contribution in [0.1, 0.15) is 54.6 Å². The molecule has 0 spiro atoms. The molecule has 10 heteroatoms. The summed E-state index contributed by atoms with van der Waals surface area (Å²) in [5.74, 6) is -0.610. The summed E-state index contributed by atoms with van der Waals surface area (Å²) >= 11 is 12.4. The van der Waals surface area contributed by atoms with Gasteiger partial charge in [-0.15, -0.1) is 0 Å². The summed E-state index contributed by atoms with van der Waals surface area (Å²) in [5.41, 5.74) is 1.61. The zero-order chi connectivity index (χ0) is 24.7. The molecule has 1 aromatic heterocycles. The van der Waals surface area contributed by atoms with Crippen LogP contribution in [-0.2, 0) is 9.53 Å². The van der Waals surface area contributed by atoms with Gasteiger partial charge in [-0.25, -0.2) is 9.78 Å². The van der Waals surface area contributed by atoms with Crippen molar-refractivity contribution in [1.29, 1.82) is 0 Å². The lowest BCUT2D eigenvalue weighted by atomic mass is 10.00. The summed E-state index contributed by atoms with van der Waals surface area (Å²) in [6, 6.07) is 6.21. The molecule has 2 aromatic rings. The van der Waals surface area contributed by atoms with Crippen molar-refractivity contribution in [2.45, 2.75) is 32.9 Å². The Balaban J connectivity index is 2.74. The van der Waals surface area contributed by atoms with E-state index in [4.69, 9.17) is 35.8 Å².